The first-order valence-corrected chi connectivity index (χ1v) is 6.85. The lowest BCUT2D eigenvalue weighted by atomic mass is 9.88. The number of hydrogen-bond acceptors (Lipinski definition) is 3. The van der Waals surface area contributed by atoms with Crippen LogP contribution in [0.5, 0.6) is 0 Å². The molecule has 2 atom stereocenters. The van der Waals surface area contributed by atoms with E-state index in [9.17, 15) is 5.11 Å². The van der Waals surface area contributed by atoms with Crippen molar-refractivity contribution in [3.8, 4) is 0 Å². The van der Waals surface area contributed by atoms with Gasteiger partial charge in [-0.1, -0.05) is 24.3 Å². The van der Waals surface area contributed by atoms with Crippen LogP contribution in [-0.4, -0.2) is 36.5 Å². The van der Waals surface area contributed by atoms with Crippen molar-refractivity contribution in [3.05, 3.63) is 35.4 Å². The minimum atomic E-state index is -0.642. The van der Waals surface area contributed by atoms with E-state index < -0.39 is 5.60 Å². The molecule has 0 saturated carbocycles. The van der Waals surface area contributed by atoms with Crippen molar-refractivity contribution in [2.75, 3.05) is 19.8 Å². The van der Waals surface area contributed by atoms with E-state index in [-0.39, 0.29) is 0 Å². The Hall–Kier alpha value is -0.900. The normalized spacial score (nSPS) is 31.3. The average Bonchev–Trinajstić information content (AvgIpc) is 2.84. The molecule has 0 spiro atoms. The van der Waals surface area contributed by atoms with Crippen molar-refractivity contribution < 1.29 is 9.84 Å². The van der Waals surface area contributed by atoms with E-state index in [1.54, 1.807) is 0 Å². The van der Waals surface area contributed by atoms with Crippen LogP contribution in [0.3, 0.4) is 0 Å². The van der Waals surface area contributed by atoms with Crippen LogP contribution >= 0.6 is 0 Å². The van der Waals surface area contributed by atoms with Crippen LogP contribution in [-0.2, 0) is 17.6 Å². The second-order valence-corrected chi connectivity index (χ2v) is 5.62. The molecule has 0 bridgehead atoms. The molecule has 2 unspecified atom stereocenters. The first kappa shape index (κ1) is 12.2. The predicted molar refractivity (Wildman–Crippen MR) is 70.6 cm³/mol. The Bertz CT molecular complexity index is 413. The standard InChI is InChI=1S/C15H21NO2/c17-15(7-8-18-11-15)10-16-14-6-5-12-3-1-2-4-13(12)9-14/h1-4,14,16-17H,5-11H2. The molecular formula is C15H21NO2. The van der Waals surface area contributed by atoms with Crippen molar-refractivity contribution in [2.24, 2.45) is 0 Å². The smallest absolute Gasteiger partial charge is 0.102 e. The lowest BCUT2D eigenvalue weighted by Crippen LogP contribution is -2.46. The summed E-state index contributed by atoms with van der Waals surface area (Å²) in [6.07, 6.45) is 4.13. The summed E-state index contributed by atoms with van der Waals surface area (Å²) in [6.45, 7) is 1.81. The van der Waals surface area contributed by atoms with E-state index in [1.165, 1.54) is 11.1 Å². The highest BCUT2D eigenvalue weighted by Gasteiger charge is 2.32. The van der Waals surface area contributed by atoms with Crippen LogP contribution in [0.1, 0.15) is 24.0 Å². The van der Waals surface area contributed by atoms with Crippen LogP contribution in [0.4, 0.5) is 0 Å². The molecule has 1 aliphatic carbocycles. The Morgan fingerprint density at radius 3 is 2.94 bits per heavy atom. The zero-order valence-electron chi connectivity index (χ0n) is 10.7. The fraction of sp³-hybridized carbons (Fsp3) is 0.600. The maximum absolute atomic E-state index is 10.2. The second-order valence-electron chi connectivity index (χ2n) is 5.62. The van der Waals surface area contributed by atoms with E-state index in [1.807, 2.05) is 0 Å². The van der Waals surface area contributed by atoms with E-state index in [2.05, 4.69) is 29.6 Å². The van der Waals surface area contributed by atoms with Gasteiger partial charge in [0, 0.05) is 25.6 Å². The number of hydrogen-bond donors (Lipinski definition) is 2. The van der Waals surface area contributed by atoms with Crippen molar-refractivity contribution >= 4 is 0 Å². The van der Waals surface area contributed by atoms with Gasteiger partial charge < -0.3 is 15.2 Å². The third-order valence-electron chi connectivity index (χ3n) is 4.15. The first-order valence-electron chi connectivity index (χ1n) is 6.85. The molecule has 1 saturated heterocycles. The number of ether oxygens (including phenoxy) is 1. The van der Waals surface area contributed by atoms with Gasteiger partial charge in [0.2, 0.25) is 0 Å². The lowest BCUT2D eigenvalue weighted by Gasteiger charge is -2.29. The summed E-state index contributed by atoms with van der Waals surface area (Å²) < 4.78 is 5.27. The molecule has 1 aliphatic heterocycles. The summed E-state index contributed by atoms with van der Waals surface area (Å²) in [6, 6.07) is 9.16. The van der Waals surface area contributed by atoms with Crippen LogP contribution in [0.25, 0.3) is 0 Å². The number of rotatable bonds is 3. The fourth-order valence-electron chi connectivity index (χ4n) is 2.94. The third-order valence-corrected chi connectivity index (χ3v) is 4.15. The number of benzene rings is 1. The van der Waals surface area contributed by atoms with Crippen molar-refractivity contribution in [1.29, 1.82) is 0 Å². The highest BCUT2D eigenvalue weighted by molar-refractivity contribution is 5.30. The molecule has 1 aromatic rings. The Morgan fingerprint density at radius 1 is 1.33 bits per heavy atom. The van der Waals surface area contributed by atoms with Gasteiger partial charge in [-0.3, -0.25) is 0 Å². The van der Waals surface area contributed by atoms with Crippen molar-refractivity contribution in [2.45, 2.75) is 37.3 Å². The number of fused-ring (bicyclic) bond motifs is 1. The molecule has 18 heavy (non-hydrogen) atoms. The van der Waals surface area contributed by atoms with Crippen LogP contribution < -0.4 is 5.32 Å². The zero-order valence-corrected chi connectivity index (χ0v) is 10.7. The highest BCUT2D eigenvalue weighted by Crippen LogP contribution is 2.22. The first-order chi connectivity index (χ1) is 8.75. The van der Waals surface area contributed by atoms with Gasteiger partial charge in [0.05, 0.1) is 6.61 Å². The largest absolute Gasteiger partial charge is 0.386 e. The SMILES string of the molecule is OC1(CNC2CCc3ccccc3C2)CCOC1. The van der Waals surface area contributed by atoms with E-state index in [0.29, 0.717) is 25.8 Å². The Labute approximate surface area is 108 Å². The van der Waals surface area contributed by atoms with E-state index in [4.69, 9.17) is 4.74 Å². The molecule has 2 N–H and O–H groups in total. The molecule has 0 amide bonds. The van der Waals surface area contributed by atoms with Gasteiger partial charge in [0.1, 0.15) is 5.60 Å². The van der Waals surface area contributed by atoms with Gasteiger partial charge in [-0.25, -0.2) is 0 Å². The molecule has 0 aromatic heterocycles. The monoisotopic (exact) mass is 247 g/mol. The summed E-state index contributed by atoms with van der Waals surface area (Å²) in [4.78, 5) is 0. The quantitative estimate of drug-likeness (QED) is 0.845. The minimum absolute atomic E-state index is 0.476. The molecule has 2 aliphatic rings. The average molecular weight is 247 g/mol. The summed E-state index contributed by atoms with van der Waals surface area (Å²) >= 11 is 0. The highest BCUT2D eigenvalue weighted by atomic mass is 16.5. The lowest BCUT2D eigenvalue weighted by molar-refractivity contribution is 0.0244. The molecule has 1 fully saturated rings. The summed E-state index contributed by atoms with van der Waals surface area (Å²) in [7, 11) is 0. The second kappa shape index (κ2) is 5.00. The minimum Gasteiger partial charge on any atom is -0.386 e. The van der Waals surface area contributed by atoms with Crippen molar-refractivity contribution in [1.82, 2.24) is 5.32 Å². The van der Waals surface area contributed by atoms with Gasteiger partial charge in [0.25, 0.3) is 0 Å². The zero-order chi connectivity index (χ0) is 12.4. The Balaban J connectivity index is 1.56. The summed E-state index contributed by atoms with van der Waals surface area (Å²) in [5.74, 6) is 0. The van der Waals surface area contributed by atoms with Gasteiger partial charge in [-0.2, -0.15) is 0 Å². The number of aliphatic hydroxyl groups is 1. The number of nitrogens with one attached hydrogen (secondary N) is 1. The van der Waals surface area contributed by atoms with Crippen LogP contribution in [0.2, 0.25) is 0 Å². The topological polar surface area (TPSA) is 41.5 Å². The molecular weight excluding hydrogens is 226 g/mol. The molecule has 0 radical (unpaired) electrons. The third kappa shape index (κ3) is 2.58. The van der Waals surface area contributed by atoms with E-state index in [0.717, 1.165) is 25.7 Å². The predicted octanol–water partition coefficient (Wildman–Crippen LogP) is 1.28. The van der Waals surface area contributed by atoms with Gasteiger partial charge in [-0.05, 0) is 30.4 Å². The molecule has 3 rings (SSSR count). The fourth-order valence-corrected chi connectivity index (χ4v) is 2.94. The van der Waals surface area contributed by atoms with E-state index >= 15 is 0 Å². The molecule has 98 valence electrons. The molecule has 1 aromatic carbocycles. The maximum Gasteiger partial charge on any atom is 0.102 e. The van der Waals surface area contributed by atoms with Gasteiger partial charge in [0.15, 0.2) is 0 Å². The van der Waals surface area contributed by atoms with Gasteiger partial charge >= 0.3 is 0 Å². The van der Waals surface area contributed by atoms with Crippen LogP contribution in [0.15, 0.2) is 24.3 Å². The molecule has 1 heterocycles. The summed E-state index contributed by atoms with van der Waals surface area (Å²) in [5, 5.41) is 13.7. The number of aryl methyl sites for hydroxylation is 1. The molecule has 3 heteroatoms. The maximum atomic E-state index is 10.2. The van der Waals surface area contributed by atoms with Crippen LogP contribution in [0, 0.1) is 0 Å². The van der Waals surface area contributed by atoms with Crippen molar-refractivity contribution in [3.63, 3.8) is 0 Å². The Kier molecular flexibility index (Phi) is 3.37. The van der Waals surface area contributed by atoms with Gasteiger partial charge in [-0.15, -0.1) is 0 Å². The summed E-state index contributed by atoms with van der Waals surface area (Å²) in [5.41, 5.74) is 2.30. The molecule has 3 nitrogen and oxygen atoms in total. The Morgan fingerprint density at radius 2 is 2.17 bits per heavy atom.